The van der Waals surface area contributed by atoms with Crippen molar-refractivity contribution in [1.82, 2.24) is 15.2 Å². The zero-order valence-electron chi connectivity index (χ0n) is 11.5. The first kappa shape index (κ1) is 13.4. The molecule has 3 heterocycles. The summed E-state index contributed by atoms with van der Waals surface area (Å²) in [6, 6.07) is 0. The predicted octanol–water partition coefficient (Wildman–Crippen LogP) is 0.236. The Hall–Kier alpha value is -1.63. The average molecular weight is 294 g/mol. The molecular weight excluding hydrogens is 276 g/mol. The highest BCUT2D eigenvalue weighted by Gasteiger charge is 2.32. The summed E-state index contributed by atoms with van der Waals surface area (Å²) in [7, 11) is 0. The number of carbonyl (C=O) groups is 2. The number of hydrogen-bond donors (Lipinski definition) is 1. The summed E-state index contributed by atoms with van der Waals surface area (Å²) in [4.78, 5) is 32.1. The molecule has 20 heavy (non-hydrogen) atoms. The zero-order chi connectivity index (χ0) is 14.1. The summed E-state index contributed by atoms with van der Waals surface area (Å²) in [6.07, 6.45) is 0.338. The zero-order valence-corrected chi connectivity index (χ0v) is 12.3. The normalized spacial score (nSPS) is 23.1. The first-order valence-electron chi connectivity index (χ1n) is 6.86. The molecule has 2 aliphatic heterocycles. The Bertz CT molecular complexity index is 522. The molecule has 0 bridgehead atoms. The quantitative estimate of drug-likeness (QED) is 0.848. The van der Waals surface area contributed by atoms with Crippen LogP contribution >= 0.6 is 11.3 Å². The molecule has 1 unspecified atom stereocenters. The summed E-state index contributed by atoms with van der Waals surface area (Å²) in [5.41, 5.74) is 1.04. The van der Waals surface area contributed by atoms with Gasteiger partial charge in [-0.05, 0) is 6.92 Å². The minimum Gasteiger partial charge on any atom is -0.355 e. The summed E-state index contributed by atoms with van der Waals surface area (Å²) in [6.45, 7) is 5.53. The summed E-state index contributed by atoms with van der Waals surface area (Å²) < 4.78 is 0. The van der Waals surface area contributed by atoms with Crippen LogP contribution < -0.4 is 10.2 Å². The largest absolute Gasteiger partial charge is 0.355 e. The molecule has 1 aromatic rings. The fourth-order valence-corrected chi connectivity index (χ4v) is 3.50. The van der Waals surface area contributed by atoms with Gasteiger partial charge in [-0.15, -0.1) is 11.3 Å². The molecule has 0 aliphatic carbocycles. The molecular formula is C13H18N4O2S. The van der Waals surface area contributed by atoms with Gasteiger partial charge in [0.25, 0.3) is 0 Å². The Morgan fingerprint density at radius 3 is 2.70 bits per heavy atom. The second-order valence-electron chi connectivity index (χ2n) is 5.29. The van der Waals surface area contributed by atoms with Gasteiger partial charge in [0.05, 0.1) is 11.6 Å². The molecule has 2 aliphatic rings. The van der Waals surface area contributed by atoms with Crippen molar-refractivity contribution in [2.24, 2.45) is 5.92 Å². The number of aryl methyl sites for hydroxylation is 1. The molecule has 0 saturated carbocycles. The number of carbonyl (C=O) groups excluding carboxylic acids is 2. The van der Waals surface area contributed by atoms with Crippen molar-refractivity contribution in [3.8, 4) is 0 Å². The molecule has 1 N–H and O–H groups in total. The van der Waals surface area contributed by atoms with E-state index in [2.05, 4.69) is 15.2 Å². The van der Waals surface area contributed by atoms with Gasteiger partial charge in [0.2, 0.25) is 11.8 Å². The lowest BCUT2D eigenvalue weighted by atomic mass is 10.1. The van der Waals surface area contributed by atoms with Crippen molar-refractivity contribution in [2.75, 3.05) is 37.6 Å². The number of piperazine rings is 1. The third-order valence-electron chi connectivity index (χ3n) is 3.80. The number of aromatic nitrogens is 1. The van der Waals surface area contributed by atoms with E-state index < -0.39 is 0 Å². The van der Waals surface area contributed by atoms with Gasteiger partial charge < -0.3 is 15.1 Å². The molecule has 0 spiro atoms. The molecule has 6 nitrogen and oxygen atoms in total. The van der Waals surface area contributed by atoms with E-state index >= 15 is 0 Å². The summed E-state index contributed by atoms with van der Waals surface area (Å²) >= 11 is 1.65. The van der Waals surface area contributed by atoms with E-state index in [0.29, 0.717) is 26.1 Å². The molecule has 1 atom stereocenters. The topological polar surface area (TPSA) is 65.5 Å². The van der Waals surface area contributed by atoms with Crippen molar-refractivity contribution in [3.63, 3.8) is 0 Å². The number of hydrogen-bond acceptors (Lipinski definition) is 5. The Morgan fingerprint density at radius 2 is 2.15 bits per heavy atom. The minimum absolute atomic E-state index is 0.0137. The van der Waals surface area contributed by atoms with Gasteiger partial charge in [0, 0.05) is 44.5 Å². The molecule has 3 rings (SSSR count). The fourth-order valence-electron chi connectivity index (χ4n) is 2.64. The summed E-state index contributed by atoms with van der Waals surface area (Å²) in [5.74, 6) is -0.0743. The van der Waals surface area contributed by atoms with E-state index in [4.69, 9.17) is 0 Å². The van der Waals surface area contributed by atoms with E-state index in [9.17, 15) is 9.59 Å². The van der Waals surface area contributed by atoms with Gasteiger partial charge in [-0.1, -0.05) is 0 Å². The van der Waals surface area contributed by atoms with E-state index in [0.717, 1.165) is 23.9 Å². The van der Waals surface area contributed by atoms with Crippen molar-refractivity contribution in [2.45, 2.75) is 13.3 Å². The van der Waals surface area contributed by atoms with Crippen LogP contribution in [0.5, 0.6) is 0 Å². The van der Waals surface area contributed by atoms with Crippen LogP contribution in [0.4, 0.5) is 5.13 Å². The lowest BCUT2D eigenvalue weighted by Gasteiger charge is -2.35. The number of rotatable bonds is 2. The maximum Gasteiger partial charge on any atom is 0.228 e. The number of nitrogens with one attached hydrogen (secondary N) is 1. The Labute approximate surface area is 121 Å². The van der Waals surface area contributed by atoms with Crippen LogP contribution in [0.1, 0.15) is 12.1 Å². The SMILES string of the molecule is Cc1csc(N2CCN(C(=O)C3CNC(=O)C3)CC2)n1. The Balaban J connectivity index is 1.55. The van der Waals surface area contributed by atoms with Gasteiger partial charge in [0.1, 0.15) is 0 Å². The molecule has 7 heteroatoms. The number of amides is 2. The van der Waals surface area contributed by atoms with Crippen molar-refractivity contribution < 1.29 is 9.59 Å². The molecule has 108 valence electrons. The molecule has 1 aromatic heterocycles. The minimum atomic E-state index is -0.170. The molecule has 0 aromatic carbocycles. The van der Waals surface area contributed by atoms with Gasteiger partial charge in [-0.25, -0.2) is 4.98 Å². The van der Waals surface area contributed by atoms with Crippen LogP contribution in [0.15, 0.2) is 5.38 Å². The van der Waals surface area contributed by atoms with E-state index in [1.54, 1.807) is 11.3 Å². The van der Waals surface area contributed by atoms with Crippen LogP contribution in [-0.2, 0) is 9.59 Å². The van der Waals surface area contributed by atoms with E-state index in [1.165, 1.54) is 0 Å². The molecule has 2 fully saturated rings. The Kier molecular flexibility index (Phi) is 3.60. The first-order chi connectivity index (χ1) is 9.63. The monoisotopic (exact) mass is 294 g/mol. The highest BCUT2D eigenvalue weighted by atomic mass is 32.1. The lowest BCUT2D eigenvalue weighted by Crippen LogP contribution is -2.50. The summed E-state index contributed by atoms with van der Waals surface area (Å²) in [5, 5.41) is 5.80. The van der Waals surface area contributed by atoms with Crippen LogP contribution in [0, 0.1) is 12.8 Å². The van der Waals surface area contributed by atoms with E-state index in [1.807, 2.05) is 17.2 Å². The van der Waals surface area contributed by atoms with Gasteiger partial charge in [0.15, 0.2) is 5.13 Å². The number of anilines is 1. The second kappa shape index (κ2) is 5.40. The highest BCUT2D eigenvalue weighted by molar-refractivity contribution is 7.13. The van der Waals surface area contributed by atoms with E-state index in [-0.39, 0.29) is 17.7 Å². The van der Waals surface area contributed by atoms with Crippen LogP contribution in [0.25, 0.3) is 0 Å². The second-order valence-corrected chi connectivity index (χ2v) is 6.13. The van der Waals surface area contributed by atoms with Crippen LogP contribution in [0.3, 0.4) is 0 Å². The molecule has 0 radical (unpaired) electrons. The lowest BCUT2D eigenvalue weighted by molar-refractivity contribution is -0.136. The maximum absolute atomic E-state index is 12.3. The smallest absolute Gasteiger partial charge is 0.228 e. The average Bonchev–Trinajstić information content (AvgIpc) is 3.07. The maximum atomic E-state index is 12.3. The number of nitrogens with zero attached hydrogens (tertiary/aromatic N) is 3. The van der Waals surface area contributed by atoms with Crippen molar-refractivity contribution in [3.05, 3.63) is 11.1 Å². The van der Waals surface area contributed by atoms with Crippen molar-refractivity contribution in [1.29, 1.82) is 0 Å². The van der Waals surface area contributed by atoms with Crippen LogP contribution in [0.2, 0.25) is 0 Å². The van der Waals surface area contributed by atoms with Crippen molar-refractivity contribution >= 4 is 28.3 Å². The highest BCUT2D eigenvalue weighted by Crippen LogP contribution is 2.22. The fraction of sp³-hybridized carbons (Fsp3) is 0.615. The third-order valence-corrected chi connectivity index (χ3v) is 4.81. The van der Waals surface area contributed by atoms with Gasteiger partial charge in [-0.2, -0.15) is 0 Å². The standard InChI is InChI=1S/C13H18N4O2S/c1-9-8-20-13(15-9)17-4-2-16(3-5-17)12(19)10-6-11(18)14-7-10/h8,10H,2-7H2,1H3,(H,14,18). The molecule has 2 amide bonds. The van der Waals surface area contributed by atoms with Gasteiger partial charge in [-0.3, -0.25) is 9.59 Å². The number of thiazole rings is 1. The van der Waals surface area contributed by atoms with Crippen LogP contribution in [-0.4, -0.2) is 54.4 Å². The molecule has 2 saturated heterocycles. The Morgan fingerprint density at radius 1 is 1.40 bits per heavy atom. The predicted molar refractivity (Wildman–Crippen MR) is 76.8 cm³/mol. The third kappa shape index (κ3) is 2.63. The van der Waals surface area contributed by atoms with Gasteiger partial charge >= 0.3 is 0 Å². The first-order valence-corrected chi connectivity index (χ1v) is 7.74.